The summed E-state index contributed by atoms with van der Waals surface area (Å²) in [6, 6.07) is 0. The zero-order valence-electron chi connectivity index (χ0n) is 10.4. The molecule has 2 rings (SSSR count). The lowest BCUT2D eigenvalue weighted by atomic mass is 9.97. The van der Waals surface area contributed by atoms with Gasteiger partial charge in [0.25, 0.3) is 5.56 Å². The third kappa shape index (κ3) is 2.02. The van der Waals surface area contributed by atoms with E-state index in [4.69, 9.17) is 0 Å². The van der Waals surface area contributed by atoms with Gasteiger partial charge >= 0.3 is 5.69 Å². The maximum absolute atomic E-state index is 11.6. The number of fused-ring (bicyclic) bond motifs is 1. The molecule has 17 heavy (non-hydrogen) atoms. The SMILES string of the molecule is Cn1c(=O)[nH]c(=O)c2ncn(CC(C)(C)C)c21. The minimum absolute atomic E-state index is 0.0479. The minimum Gasteiger partial charge on any atom is -0.316 e. The molecule has 0 saturated heterocycles. The number of nitrogens with zero attached hydrogens (tertiary/aromatic N) is 3. The number of hydrogen-bond acceptors (Lipinski definition) is 3. The minimum atomic E-state index is -0.434. The van der Waals surface area contributed by atoms with Crippen LogP contribution >= 0.6 is 0 Å². The van der Waals surface area contributed by atoms with E-state index in [9.17, 15) is 9.59 Å². The van der Waals surface area contributed by atoms with Crippen molar-refractivity contribution in [2.45, 2.75) is 27.3 Å². The molecule has 2 aromatic heterocycles. The van der Waals surface area contributed by atoms with E-state index < -0.39 is 11.2 Å². The second kappa shape index (κ2) is 3.58. The monoisotopic (exact) mass is 236 g/mol. The van der Waals surface area contributed by atoms with Crippen LogP contribution in [0.1, 0.15) is 20.8 Å². The van der Waals surface area contributed by atoms with Gasteiger partial charge in [0.15, 0.2) is 5.52 Å². The number of aryl methyl sites for hydroxylation is 1. The molecule has 0 aromatic carbocycles. The predicted molar refractivity (Wildman–Crippen MR) is 65.0 cm³/mol. The average Bonchev–Trinajstić information content (AvgIpc) is 2.56. The van der Waals surface area contributed by atoms with E-state index in [0.29, 0.717) is 17.7 Å². The maximum Gasteiger partial charge on any atom is 0.329 e. The van der Waals surface area contributed by atoms with Crippen molar-refractivity contribution in [3.8, 4) is 0 Å². The Bertz CT molecular complexity index is 669. The number of imidazole rings is 1. The summed E-state index contributed by atoms with van der Waals surface area (Å²) < 4.78 is 3.25. The lowest BCUT2D eigenvalue weighted by Crippen LogP contribution is -2.30. The van der Waals surface area contributed by atoms with E-state index in [1.807, 2.05) is 4.57 Å². The fourth-order valence-corrected chi connectivity index (χ4v) is 1.85. The largest absolute Gasteiger partial charge is 0.329 e. The number of hydrogen-bond donors (Lipinski definition) is 1. The number of nitrogens with one attached hydrogen (secondary N) is 1. The van der Waals surface area contributed by atoms with Crippen molar-refractivity contribution in [3.05, 3.63) is 27.2 Å². The highest BCUT2D eigenvalue weighted by Crippen LogP contribution is 2.18. The van der Waals surface area contributed by atoms with Crippen LogP contribution < -0.4 is 11.2 Å². The second-order valence-electron chi connectivity index (χ2n) is 5.42. The van der Waals surface area contributed by atoms with Crippen molar-refractivity contribution < 1.29 is 0 Å². The van der Waals surface area contributed by atoms with E-state index in [2.05, 4.69) is 30.7 Å². The summed E-state index contributed by atoms with van der Waals surface area (Å²) >= 11 is 0. The number of aromatic amines is 1. The molecule has 1 N–H and O–H groups in total. The molecule has 0 amide bonds. The van der Waals surface area contributed by atoms with Crippen LogP contribution in [0.2, 0.25) is 0 Å². The zero-order chi connectivity index (χ0) is 12.8. The van der Waals surface area contributed by atoms with Gasteiger partial charge in [-0.25, -0.2) is 9.78 Å². The van der Waals surface area contributed by atoms with Crippen LogP contribution in [0.25, 0.3) is 11.2 Å². The molecule has 0 saturated carbocycles. The van der Waals surface area contributed by atoms with Crippen LogP contribution in [0.4, 0.5) is 0 Å². The highest BCUT2D eigenvalue weighted by atomic mass is 16.2. The summed E-state index contributed by atoms with van der Waals surface area (Å²) in [6.45, 7) is 6.96. The van der Waals surface area contributed by atoms with Gasteiger partial charge in [0, 0.05) is 13.6 Å². The Hall–Kier alpha value is -1.85. The number of aromatic nitrogens is 4. The quantitative estimate of drug-likeness (QED) is 0.782. The molecule has 2 aromatic rings. The standard InChI is InChI=1S/C11H16N4O2/c1-11(2,3)5-15-6-12-7-8(16)13-10(17)14(4)9(7)15/h6H,5H2,1-4H3,(H,13,16,17). The molecular formula is C11H16N4O2. The molecule has 0 aliphatic rings. The summed E-state index contributed by atoms with van der Waals surface area (Å²) in [6.07, 6.45) is 1.60. The van der Waals surface area contributed by atoms with Crippen LogP contribution in [0.3, 0.4) is 0 Å². The Kier molecular flexibility index (Phi) is 2.45. The van der Waals surface area contributed by atoms with Gasteiger partial charge in [-0.2, -0.15) is 0 Å². The molecule has 2 heterocycles. The highest BCUT2D eigenvalue weighted by molar-refractivity contribution is 5.69. The van der Waals surface area contributed by atoms with Gasteiger partial charge in [0.1, 0.15) is 5.65 Å². The number of H-pyrrole nitrogens is 1. The van der Waals surface area contributed by atoms with Crippen molar-refractivity contribution in [3.63, 3.8) is 0 Å². The van der Waals surface area contributed by atoms with E-state index in [-0.39, 0.29) is 5.41 Å². The first kappa shape index (κ1) is 11.6. The molecule has 92 valence electrons. The summed E-state index contributed by atoms with van der Waals surface area (Å²) in [5.74, 6) is 0. The van der Waals surface area contributed by atoms with Crippen molar-refractivity contribution >= 4 is 11.2 Å². The summed E-state index contributed by atoms with van der Waals surface area (Å²) in [7, 11) is 1.63. The van der Waals surface area contributed by atoms with Gasteiger partial charge in [-0.15, -0.1) is 0 Å². The van der Waals surface area contributed by atoms with E-state index in [1.165, 1.54) is 4.57 Å². The Balaban J connectivity index is 2.76. The molecule has 0 bridgehead atoms. The summed E-state index contributed by atoms with van der Waals surface area (Å²) in [5, 5.41) is 0. The normalized spacial score (nSPS) is 12.2. The lowest BCUT2D eigenvalue weighted by Gasteiger charge is -2.19. The van der Waals surface area contributed by atoms with Gasteiger partial charge in [-0.3, -0.25) is 14.3 Å². The molecule has 6 heteroatoms. The fraction of sp³-hybridized carbons (Fsp3) is 0.545. The Morgan fingerprint density at radius 2 is 2.00 bits per heavy atom. The van der Waals surface area contributed by atoms with E-state index in [0.717, 1.165) is 0 Å². The molecular weight excluding hydrogens is 220 g/mol. The third-order valence-electron chi connectivity index (χ3n) is 2.51. The van der Waals surface area contributed by atoms with Gasteiger partial charge in [0.2, 0.25) is 0 Å². The maximum atomic E-state index is 11.6. The van der Waals surface area contributed by atoms with Crippen LogP contribution in [0.5, 0.6) is 0 Å². The van der Waals surface area contributed by atoms with E-state index >= 15 is 0 Å². The third-order valence-corrected chi connectivity index (χ3v) is 2.51. The van der Waals surface area contributed by atoms with Crippen LogP contribution in [-0.2, 0) is 13.6 Å². The van der Waals surface area contributed by atoms with Crippen molar-refractivity contribution in [2.24, 2.45) is 12.5 Å². The molecule has 0 atom stereocenters. The predicted octanol–water partition coefficient (Wildman–Crippen LogP) is 0.469. The van der Waals surface area contributed by atoms with Crippen molar-refractivity contribution in [2.75, 3.05) is 0 Å². The van der Waals surface area contributed by atoms with Crippen LogP contribution in [0.15, 0.2) is 15.9 Å². The molecule has 0 aliphatic carbocycles. The molecule has 0 unspecified atom stereocenters. The van der Waals surface area contributed by atoms with E-state index in [1.54, 1.807) is 13.4 Å². The molecule has 0 spiro atoms. The Morgan fingerprint density at radius 1 is 1.35 bits per heavy atom. The van der Waals surface area contributed by atoms with Gasteiger partial charge in [-0.1, -0.05) is 20.8 Å². The molecule has 0 aliphatic heterocycles. The molecule has 0 fully saturated rings. The average molecular weight is 236 g/mol. The second-order valence-corrected chi connectivity index (χ2v) is 5.42. The number of rotatable bonds is 1. The first-order valence-electron chi connectivity index (χ1n) is 5.44. The van der Waals surface area contributed by atoms with Gasteiger partial charge < -0.3 is 4.57 Å². The van der Waals surface area contributed by atoms with Crippen molar-refractivity contribution in [1.29, 1.82) is 0 Å². The van der Waals surface area contributed by atoms with Gasteiger partial charge in [-0.05, 0) is 5.41 Å². The van der Waals surface area contributed by atoms with Crippen molar-refractivity contribution in [1.82, 2.24) is 19.1 Å². The first-order chi connectivity index (χ1) is 7.79. The topological polar surface area (TPSA) is 72.7 Å². The summed E-state index contributed by atoms with van der Waals surface area (Å²) in [5.41, 5.74) is 0.0608. The first-order valence-corrected chi connectivity index (χ1v) is 5.44. The lowest BCUT2D eigenvalue weighted by molar-refractivity contribution is 0.346. The Labute approximate surface area is 97.9 Å². The van der Waals surface area contributed by atoms with Gasteiger partial charge in [0.05, 0.1) is 6.33 Å². The fourth-order valence-electron chi connectivity index (χ4n) is 1.85. The van der Waals surface area contributed by atoms with Crippen LogP contribution in [-0.4, -0.2) is 19.1 Å². The Morgan fingerprint density at radius 3 is 2.59 bits per heavy atom. The van der Waals surface area contributed by atoms with Crippen LogP contribution in [0, 0.1) is 5.41 Å². The smallest absolute Gasteiger partial charge is 0.316 e. The summed E-state index contributed by atoms with van der Waals surface area (Å²) in [4.78, 5) is 29.4. The zero-order valence-corrected chi connectivity index (χ0v) is 10.4. The highest BCUT2D eigenvalue weighted by Gasteiger charge is 2.16. The molecule has 0 radical (unpaired) electrons. The molecule has 6 nitrogen and oxygen atoms in total.